The third kappa shape index (κ3) is 2.23. The molecule has 0 spiro atoms. The second-order valence-electron chi connectivity index (χ2n) is 3.59. The molecule has 0 saturated carbocycles. The monoisotopic (exact) mass is 218 g/mol. The minimum Gasteiger partial charge on any atom is -0.382 e. The maximum Gasteiger partial charge on any atom is 0.123 e. The van der Waals surface area contributed by atoms with Crippen molar-refractivity contribution in [1.29, 1.82) is 0 Å². The van der Waals surface area contributed by atoms with Gasteiger partial charge in [-0.15, -0.1) is 0 Å². The van der Waals surface area contributed by atoms with Crippen molar-refractivity contribution in [3.05, 3.63) is 59.4 Å². The lowest BCUT2D eigenvalue weighted by molar-refractivity contribution is 0.214. The number of aryl methyl sites for hydroxylation is 1. The van der Waals surface area contributed by atoms with Crippen LogP contribution in [0.2, 0.25) is 0 Å². The quantitative estimate of drug-likeness (QED) is 0.838. The Labute approximate surface area is 92.6 Å². The van der Waals surface area contributed by atoms with Crippen LogP contribution >= 0.6 is 0 Å². The first-order chi connectivity index (χ1) is 7.66. The van der Waals surface area contributed by atoms with Crippen LogP contribution in [0.4, 0.5) is 4.39 Å². The Kier molecular flexibility index (Phi) is 2.92. The molecule has 4 heteroatoms. The maximum absolute atomic E-state index is 13.2. The Balaban J connectivity index is 2.37. The van der Waals surface area contributed by atoms with E-state index in [1.807, 2.05) is 0 Å². The zero-order valence-electron chi connectivity index (χ0n) is 8.76. The third-order valence-electron chi connectivity index (χ3n) is 2.24. The molecule has 0 aliphatic carbocycles. The summed E-state index contributed by atoms with van der Waals surface area (Å²) in [5.74, 6) is -0.363. The zero-order valence-corrected chi connectivity index (χ0v) is 8.76. The summed E-state index contributed by atoms with van der Waals surface area (Å²) in [6.07, 6.45) is 3.53. The van der Waals surface area contributed by atoms with Crippen LogP contribution in [0.15, 0.2) is 36.8 Å². The Bertz CT molecular complexity index is 467. The Morgan fingerprint density at radius 1 is 1.25 bits per heavy atom. The minimum absolute atomic E-state index is 0.363. The molecule has 1 aromatic carbocycles. The zero-order chi connectivity index (χ0) is 11.5. The van der Waals surface area contributed by atoms with E-state index in [4.69, 9.17) is 0 Å². The largest absolute Gasteiger partial charge is 0.382 e. The van der Waals surface area contributed by atoms with E-state index >= 15 is 0 Å². The molecule has 82 valence electrons. The number of aromatic nitrogens is 2. The number of aliphatic hydroxyl groups is 1. The van der Waals surface area contributed by atoms with E-state index in [2.05, 4.69) is 9.97 Å². The molecule has 0 amide bonds. The average molecular weight is 218 g/mol. The fourth-order valence-electron chi connectivity index (χ4n) is 1.55. The summed E-state index contributed by atoms with van der Waals surface area (Å²) >= 11 is 0. The molecule has 0 bridgehead atoms. The molecule has 1 N–H and O–H groups in total. The summed E-state index contributed by atoms with van der Waals surface area (Å²) in [7, 11) is 0. The molecule has 0 aliphatic heterocycles. The van der Waals surface area contributed by atoms with Crippen molar-refractivity contribution in [2.45, 2.75) is 13.0 Å². The van der Waals surface area contributed by atoms with Crippen molar-refractivity contribution in [2.75, 3.05) is 0 Å². The van der Waals surface area contributed by atoms with Crippen LogP contribution in [-0.4, -0.2) is 15.1 Å². The standard InChI is InChI=1S/C12H11FN2O/c1-8-4-9(6-10(13)5-8)12(16)11-7-14-2-3-15-11/h2-7,12,16H,1H3. The lowest BCUT2D eigenvalue weighted by Crippen LogP contribution is -2.03. The molecule has 0 aliphatic rings. The van der Waals surface area contributed by atoms with Crippen molar-refractivity contribution < 1.29 is 9.50 Å². The van der Waals surface area contributed by atoms with Gasteiger partial charge in [-0.05, 0) is 30.2 Å². The van der Waals surface area contributed by atoms with Gasteiger partial charge in [0.15, 0.2) is 0 Å². The highest BCUT2D eigenvalue weighted by molar-refractivity contribution is 5.29. The van der Waals surface area contributed by atoms with Gasteiger partial charge in [-0.25, -0.2) is 4.39 Å². The minimum atomic E-state index is -0.942. The Morgan fingerprint density at radius 3 is 2.69 bits per heavy atom. The number of halogens is 1. The van der Waals surface area contributed by atoms with Crippen LogP contribution in [0.1, 0.15) is 22.9 Å². The molecule has 2 aromatic rings. The summed E-state index contributed by atoms with van der Waals surface area (Å²) in [6, 6.07) is 4.43. The molecule has 1 heterocycles. The van der Waals surface area contributed by atoms with Gasteiger partial charge < -0.3 is 5.11 Å². The SMILES string of the molecule is Cc1cc(F)cc(C(O)c2cnccn2)c1. The smallest absolute Gasteiger partial charge is 0.123 e. The van der Waals surface area contributed by atoms with E-state index < -0.39 is 6.10 Å². The highest BCUT2D eigenvalue weighted by Crippen LogP contribution is 2.21. The highest BCUT2D eigenvalue weighted by Gasteiger charge is 2.13. The average Bonchev–Trinajstić information content (AvgIpc) is 2.28. The number of hydrogen-bond acceptors (Lipinski definition) is 3. The molecule has 0 fully saturated rings. The second kappa shape index (κ2) is 4.37. The summed E-state index contributed by atoms with van der Waals surface area (Å²) in [6.45, 7) is 1.77. The lowest BCUT2D eigenvalue weighted by atomic mass is 10.0. The van der Waals surface area contributed by atoms with Crippen molar-refractivity contribution in [3.8, 4) is 0 Å². The first kappa shape index (κ1) is 10.7. The molecule has 0 saturated heterocycles. The van der Waals surface area contributed by atoms with E-state index in [0.717, 1.165) is 5.56 Å². The van der Waals surface area contributed by atoms with Crippen molar-refractivity contribution >= 4 is 0 Å². The molecule has 0 radical (unpaired) electrons. The molecule has 16 heavy (non-hydrogen) atoms. The van der Waals surface area contributed by atoms with E-state index in [0.29, 0.717) is 11.3 Å². The molecule has 1 atom stereocenters. The van der Waals surface area contributed by atoms with E-state index in [-0.39, 0.29) is 5.82 Å². The van der Waals surface area contributed by atoms with E-state index in [1.165, 1.54) is 30.7 Å². The summed E-state index contributed by atoms with van der Waals surface area (Å²) in [5, 5.41) is 9.97. The predicted octanol–water partition coefficient (Wildman–Crippen LogP) is 2.01. The molecule has 2 rings (SSSR count). The normalized spacial score (nSPS) is 12.4. The number of hydrogen-bond donors (Lipinski definition) is 1. The number of benzene rings is 1. The van der Waals surface area contributed by atoms with Gasteiger partial charge >= 0.3 is 0 Å². The van der Waals surface area contributed by atoms with Crippen LogP contribution in [0.3, 0.4) is 0 Å². The van der Waals surface area contributed by atoms with Crippen LogP contribution in [-0.2, 0) is 0 Å². The van der Waals surface area contributed by atoms with Gasteiger partial charge in [-0.2, -0.15) is 0 Å². The number of rotatable bonds is 2. The van der Waals surface area contributed by atoms with E-state index in [9.17, 15) is 9.50 Å². The lowest BCUT2D eigenvalue weighted by Gasteiger charge is -2.10. The first-order valence-corrected chi connectivity index (χ1v) is 4.88. The van der Waals surface area contributed by atoms with Gasteiger partial charge in [0.2, 0.25) is 0 Å². The fraction of sp³-hybridized carbons (Fsp3) is 0.167. The number of aliphatic hydroxyl groups excluding tert-OH is 1. The van der Waals surface area contributed by atoms with Gasteiger partial charge in [-0.3, -0.25) is 9.97 Å². The van der Waals surface area contributed by atoms with Crippen LogP contribution < -0.4 is 0 Å². The summed E-state index contributed by atoms with van der Waals surface area (Å²) in [4.78, 5) is 7.84. The molecule has 3 nitrogen and oxygen atoms in total. The maximum atomic E-state index is 13.2. The summed E-state index contributed by atoms with van der Waals surface area (Å²) < 4.78 is 13.2. The van der Waals surface area contributed by atoms with Crippen LogP contribution in [0, 0.1) is 12.7 Å². The van der Waals surface area contributed by atoms with E-state index in [1.54, 1.807) is 13.0 Å². The van der Waals surface area contributed by atoms with Crippen LogP contribution in [0.5, 0.6) is 0 Å². The Hall–Kier alpha value is -1.81. The number of nitrogens with zero attached hydrogens (tertiary/aromatic N) is 2. The molecule has 1 aromatic heterocycles. The topological polar surface area (TPSA) is 46.0 Å². The van der Waals surface area contributed by atoms with Gasteiger partial charge in [-0.1, -0.05) is 6.07 Å². The van der Waals surface area contributed by atoms with Crippen LogP contribution in [0.25, 0.3) is 0 Å². The third-order valence-corrected chi connectivity index (χ3v) is 2.24. The first-order valence-electron chi connectivity index (χ1n) is 4.88. The fourth-order valence-corrected chi connectivity index (χ4v) is 1.55. The summed E-state index contributed by atoms with van der Waals surface area (Å²) in [5.41, 5.74) is 1.66. The van der Waals surface area contributed by atoms with Gasteiger partial charge in [0.1, 0.15) is 11.9 Å². The van der Waals surface area contributed by atoms with Crippen molar-refractivity contribution in [2.24, 2.45) is 0 Å². The highest BCUT2D eigenvalue weighted by atomic mass is 19.1. The second-order valence-corrected chi connectivity index (χ2v) is 3.59. The van der Waals surface area contributed by atoms with Crippen molar-refractivity contribution in [1.82, 2.24) is 9.97 Å². The van der Waals surface area contributed by atoms with Crippen molar-refractivity contribution in [3.63, 3.8) is 0 Å². The molecule has 1 unspecified atom stereocenters. The molecular weight excluding hydrogens is 207 g/mol. The predicted molar refractivity (Wildman–Crippen MR) is 57.2 cm³/mol. The van der Waals surface area contributed by atoms with Gasteiger partial charge in [0.25, 0.3) is 0 Å². The van der Waals surface area contributed by atoms with Gasteiger partial charge in [0.05, 0.1) is 11.9 Å². The van der Waals surface area contributed by atoms with Gasteiger partial charge in [0, 0.05) is 12.4 Å². The molecular formula is C12H11FN2O. The Morgan fingerprint density at radius 2 is 2.06 bits per heavy atom.